The van der Waals surface area contributed by atoms with Gasteiger partial charge in [-0.1, -0.05) is 4.49 Å². The smallest absolute Gasteiger partial charge is 0.322 e. The van der Waals surface area contributed by atoms with Gasteiger partial charge in [-0.25, -0.2) is 4.79 Å². The Morgan fingerprint density at radius 2 is 2.42 bits per heavy atom. The molecule has 1 saturated heterocycles. The van der Waals surface area contributed by atoms with Crippen molar-refractivity contribution in [3.8, 4) is 0 Å². The van der Waals surface area contributed by atoms with Crippen molar-refractivity contribution in [2.75, 3.05) is 25.1 Å². The van der Waals surface area contributed by atoms with Crippen LogP contribution >= 0.6 is 11.5 Å². The Hall–Kier alpha value is -1.74. The molecule has 0 bridgehead atoms. The molecule has 2 heterocycles. The molecule has 2 atom stereocenters. The van der Waals surface area contributed by atoms with Crippen LogP contribution in [0.2, 0.25) is 0 Å². The molecule has 1 aromatic rings. The van der Waals surface area contributed by atoms with Crippen LogP contribution in [-0.4, -0.2) is 57.4 Å². The molecule has 0 aromatic carbocycles. The minimum atomic E-state index is -0.951. The fourth-order valence-electron chi connectivity index (χ4n) is 2.01. The number of rotatable bonds is 4. The van der Waals surface area contributed by atoms with E-state index in [0.29, 0.717) is 11.5 Å². The molecule has 2 amide bonds. The van der Waals surface area contributed by atoms with E-state index in [1.54, 1.807) is 6.92 Å². The highest BCUT2D eigenvalue weighted by Crippen LogP contribution is 2.21. The summed E-state index contributed by atoms with van der Waals surface area (Å²) in [4.78, 5) is 24.7. The molecular formula is C10H14N4O4S. The average Bonchev–Trinajstić information content (AvgIpc) is 3.00. The van der Waals surface area contributed by atoms with E-state index in [4.69, 9.17) is 9.84 Å². The van der Waals surface area contributed by atoms with Crippen molar-refractivity contribution >= 4 is 28.5 Å². The molecule has 104 valence electrons. The van der Waals surface area contributed by atoms with Gasteiger partial charge < -0.3 is 14.7 Å². The number of hydrogen-bond acceptors (Lipinski definition) is 6. The first-order chi connectivity index (χ1) is 9.13. The van der Waals surface area contributed by atoms with Gasteiger partial charge in [0.25, 0.3) is 0 Å². The van der Waals surface area contributed by atoms with Crippen molar-refractivity contribution in [1.29, 1.82) is 0 Å². The summed E-state index contributed by atoms with van der Waals surface area (Å²) in [6.07, 6.45) is 1.44. The van der Waals surface area contributed by atoms with Crippen LogP contribution in [0.1, 0.15) is 6.92 Å². The maximum Gasteiger partial charge on any atom is 0.322 e. The SMILES string of the molecule is CCN(C(=O)Nc1cnns1)C1COCC1C(=O)O. The molecule has 2 unspecified atom stereocenters. The molecule has 0 saturated carbocycles. The number of anilines is 1. The van der Waals surface area contributed by atoms with Crippen molar-refractivity contribution in [3.63, 3.8) is 0 Å². The summed E-state index contributed by atoms with van der Waals surface area (Å²) in [7, 11) is 0. The van der Waals surface area contributed by atoms with Crippen LogP contribution in [0.25, 0.3) is 0 Å². The maximum atomic E-state index is 12.1. The quantitative estimate of drug-likeness (QED) is 0.834. The van der Waals surface area contributed by atoms with E-state index >= 15 is 0 Å². The van der Waals surface area contributed by atoms with Crippen molar-refractivity contribution in [1.82, 2.24) is 14.5 Å². The number of urea groups is 1. The second-order valence-corrected chi connectivity index (χ2v) is 4.83. The number of nitrogens with zero attached hydrogens (tertiary/aromatic N) is 3. The number of amides is 2. The van der Waals surface area contributed by atoms with Crippen molar-refractivity contribution in [2.45, 2.75) is 13.0 Å². The van der Waals surface area contributed by atoms with Crippen LogP contribution in [-0.2, 0) is 9.53 Å². The number of likely N-dealkylation sites (N-methyl/N-ethyl adjacent to an activating group) is 1. The number of aromatic nitrogens is 2. The maximum absolute atomic E-state index is 12.1. The van der Waals surface area contributed by atoms with Crippen LogP contribution in [0.5, 0.6) is 0 Å². The summed E-state index contributed by atoms with van der Waals surface area (Å²) in [6, 6.07) is -0.821. The molecular weight excluding hydrogens is 272 g/mol. The van der Waals surface area contributed by atoms with Crippen molar-refractivity contribution < 1.29 is 19.4 Å². The first-order valence-electron chi connectivity index (χ1n) is 5.79. The van der Waals surface area contributed by atoms with Crippen LogP contribution in [0.15, 0.2) is 6.20 Å². The van der Waals surface area contributed by atoms with E-state index in [0.717, 1.165) is 11.5 Å². The highest BCUT2D eigenvalue weighted by atomic mass is 32.1. The van der Waals surface area contributed by atoms with E-state index < -0.39 is 17.9 Å². The number of carbonyl (C=O) groups is 2. The zero-order chi connectivity index (χ0) is 13.8. The predicted molar refractivity (Wildman–Crippen MR) is 67.0 cm³/mol. The van der Waals surface area contributed by atoms with Crippen LogP contribution in [0, 0.1) is 5.92 Å². The molecule has 1 aliphatic rings. The Bertz CT molecular complexity index is 452. The third-order valence-corrected chi connectivity index (χ3v) is 3.54. The summed E-state index contributed by atoms with van der Waals surface area (Å²) in [5, 5.41) is 15.9. The van der Waals surface area contributed by atoms with Gasteiger partial charge in [-0.15, -0.1) is 5.10 Å². The van der Waals surface area contributed by atoms with Gasteiger partial charge in [-0.3, -0.25) is 10.1 Å². The summed E-state index contributed by atoms with van der Waals surface area (Å²) in [5.41, 5.74) is 0. The minimum Gasteiger partial charge on any atom is -0.481 e. The number of carboxylic acid groups (broad SMARTS) is 1. The molecule has 0 spiro atoms. The Labute approximate surface area is 113 Å². The number of carbonyl (C=O) groups excluding carboxylic acids is 1. The van der Waals surface area contributed by atoms with Gasteiger partial charge in [0.15, 0.2) is 0 Å². The van der Waals surface area contributed by atoms with Gasteiger partial charge in [-0.05, 0) is 6.92 Å². The molecule has 1 aromatic heterocycles. The molecule has 0 radical (unpaired) electrons. The normalized spacial score (nSPS) is 22.2. The number of carboxylic acids is 1. The fraction of sp³-hybridized carbons (Fsp3) is 0.600. The zero-order valence-corrected chi connectivity index (χ0v) is 11.1. The lowest BCUT2D eigenvalue weighted by atomic mass is 10.0. The topological polar surface area (TPSA) is 105 Å². The number of ether oxygens (including phenoxy) is 1. The first kappa shape index (κ1) is 13.7. The summed E-state index contributed by atoms with van der Waals surface area (Å²) >= 11 is 1.06. The van der Waals surface area contributed by atoms with Crippen molar-refractivity contribution in [2.24, 2.45) is 5.92 Å². The summed E-state index contributed by atoms with van der Waals surface area (Å²) in [6.45, 7) is 2.56. The third kappa shape index (κ3) is 2.99. The molecule has 1 fully saturated rings. The van der Waals surface area contributed by atoms with Gasteiger partial charge in [0, 0.05) is 18.1 Å². The highest BCUT2D eigenvalue weighted by molar-refractivity contribution is 7.10. The van der Waals surface area contributed by atoms with Crippen molar-refractivity contribution in [3.05, 3.63) is 6.20 Å². The molecule has 2 N–H and O–H groups in total. The largest absolute Gasteiger partial charge is 0.481 e. The van der Waals surface area contributed by atoms with E-state index in [1.165, 1.54) is 11.1 Å². The van der Waals surface area contributed by atoms with Crippen LogP contribution in [0.3, 0.4) is 0 Å². The molecule has 1 aliphatic heterocycles. The molecule has 0 aliphatic carbocycles. The first-order valence-corrected chi connectivity index (χ1v) is 6.56. The van der Waals surface area contributed by atoms with Gasteiger partial charge >= 0.3 is 12.0 Å². The molecule has 19 heavy (non-hydrogen) atoms. The fourth-order valence-corrected chi connectivity index (χ4v) is 2.42. The Balaban J connectivity index is 2.06. The second kappa shape index (κ2) is 5.93. The van der Waals surface area contributed by atoms with Gasteiger partial charge in [0.1, 0.15) is 10.9 Å². The van der Waals surface area contributed by atoms with Gasteiger partial charge in [0.05, 0.1) is 25.5 Å². The summed E-state index contributed by atoms with van der Waals surface area (Å²) < 4.78 is 8.82. The van der Waals surface area contributed by atoms with E-state index in [2.05, 4.69) is 14.9 Å². The van der Waals surface area contributed by atoms with E-state index in [1.807, 2.05) is 0 Å². The van der Waals surface area contributed by atoms with E-state index in [-0.39, 0.29) is 19.2 Å². The zero-order valence-electron chi connectivity index (χ0n) is 10.3. The third-order valence-electron chi connectivity index (χ3n) is 2.96. The summed E-state index contributed by atoms with van der Waals surface area (Å²) in [5.74, 6) is -1.64. The second-order valence-electron chi connectivity index (χ2n) is 4.05. The lowest BCUT2D eigenvalue weighted by Crippen LogP contribution is -2.48. The average molecular weight is 286 g/mol. The highest BCUT2D eigenvalue weighted by Gasteiger charge is 2.39. The minimum absolute atomic E-state index is 0.131. The molecule has 2 rings (SSSR count). The Morgan fingerprint density at radius 1 is 1.63 bits per heavy atom. The Kier molecular flexibility index (Phi) is 4.27. The Morgan fingerprint density at radius 3 is 3.00 bits per heavy atom. The van der Waals surface area contributed by atoms with Crippen LogP contribution in [0.4, 0.5) is 9.80 Å². The lowest BCUT2D eigenvalue weighted by molar-refractivity contribution is -0.142. The van der Waals surface area contributed by atoms with Crippen LogP contribution < -0.4 is 5.32 Å². The number of nitrogens with one attached hydrogen (secondary N) is 1. The monoisotopic (exact) mass is 286 g/mol. The van der Waals surface area contributed by atoms with Gasteiger partial charge in [0.2, 0.25) is 0 Å². The van der Waals surface area contributed by atoms with E-state index in [9.17, 15) is 9.59 Å². The predicted octanol–water partition coefficient (Wildman–Crippen LogP) is 0.491. The standard InChI is InChI=1S/C10H14N4O4S/c1-2-14(7-5-18-4-6(7)9(15)16)10(17)12-8-3-11-13-19-8/h3,6-7H,2,4-5H2,1H3,(H,12,17)(H,15,16). The number of aliphatic carboxylic acids is 1. The number of hydrogen-bond donors (Lipinski definition) is 2. The lowest BCUT2D eigenvalue weighted by Gasteiger charge is -2.28. The van der Waals surface area contributed by atoms with Gasteiger partial charge in [-0.2, -0.15) is 0 Å². The molecule has 9 heteroatoms. The molecule has 8 nitrogen and oxygen atoms in total.